The molecule has 0 aromatic carbocycles. The lowest BCUT2D eigenvalue weighted by Crippen LogP contribution is -2.59. The van der Waals surface area contributed by atoms with Crippen LogP contribution in [0.3, 0.4) is 0 Å². The monoisotopic (exact) mass is 400 g/mol. The van der Waals surface area contributed by atoms with Crippen LogP contribution < -0.4 is 0 Å². The van der Waals surface area contributed by atoms with Crippen molar-refractivity contribution in [3.63, 3.8) is 0 Å². The number of nitrogens with zero attached hydrogens (tertiary/aromatic N) is 5. The van der Waals surface area contributed by atoms with E-state index in [-0.39, 0.29) is 24.3 Å². The Morgan fingerprint density at radius 2 is 2.10 bits per heavy atom. The fourth-order valence-electron chi connectivity index (χ4n) is 4.73. The molecule has 0 saturated carbocycles. The minimum Gasteiger partial charge on any atom is -0.375 e. The smallest absolute Gasteiger partial charge is 0.249 e. The first-order chi connectivity index (χ1) is 14.0. The van der Waals surface area contributed by atoms with Gasteiger partial charge in [0.1, 0.15) is 6.61 Å². The predicted molar refractivity (Wildman–Crippen MR) is 105 cm³/mol. The molecule has 0 unspecified atom stereocenters. The molecule has 2 aliphatic heterocycles. The summed E-state index contributed by atoms with van der Waals surface area (Å²) in [7, 11) is 1.54. The van der Waals surface area contributed by atoms with Gasteiger partial charge in [-0.1, -0.05) is 6.92 Å². The van der Waals surface area contributed by atoms with Crippen LogP contribution in [0.2, 0.25) is 0 Å². The Morgan fingerprint density at radius 3 is 2.79 bits per heavy atom. The molecule has 29 heavy (non-hydrogen) atoms. The molecule has 9 nitrogen and oxygen atoms in total. The van der Waals surface area contributed by atoms with Crippen LogP contribution in [0.4, 0.5) is 0 Å². The van der Waals surface area contributed by atoms with Crippen LogP contribution in [0.5, 0.6) is 0 Å². The summed E-state index contributed by atoms with van der Waals surface area (Å²) in [5.41, 5.74) is 1.58. The second-order valence-corrected chi connectivity index (χ2v) is 7.94. The van der Waals surface area contributed by atoms with Gasteiger partial charge in [-0.05, 0) is 18.9 Å². The van der Waals surface area contributed by atoms with Crippen molar-refractivity contribution in [1.29, 1.82) is 0 Å². The number of fused-ring (bicyclic) bond motifs is 2. The number of aromatic amines is 1. The number of methoxy groups -OCH3 is 1. The number of aromatic nitrogens is 4. The summed E-state index contributed by atoms with van der Waals surface area (Å²) in [6.07, 6.45) is 7.42. The van der Waals surface area contributed by atoms with Crippen LogP contribution in [0.25, 0.3) is 0 Å². The zero-order valence-corrected chi connectivity index (χ0v) is 17.0. The van der Waals surface area contributed by atoms with Crippen LogP contribution in [0.1, 0.15) is 31.2 Å². The maximum Gasteiger partial charge on any atom is 0.249 e. The quantitative estimate of drug-likeness (QED) is 0.801. The molecule has 1 spiro atoms. The molecule has 4 heterocycles. The van der Waals surface area contributed by atoms with Crippen molar-refractivity contribution in [3.8, 4) is 0 Å². The van der Waals surface area contributed by atoms with Gasteiger partial charge >= 0.3 is 0 Å². The topological polar surface area (TPSA) is 96.4 Å². The Morgan fingerprint density at radius 1 is 1.31 bits per heavy atom. The highest BCUT2D eigenvalue weighted by atomic mass is 16.5. The van der Waals surface area contributed by atoms with E-state index in [4.69, 9.17) is 4.74 Å². The van der Waals surface area contributed by atoms with Gasteiger partial charge in [0.05, 0.1) is 30.0 Å². The fraction of sp³-hybridized carbons (Fsp3) is 0.600. The van der Waals surface area contributed by atoms with E-state index < -0.39 is 5.54 Å². The Balaban J connectivity index is 1.49. The van der Waals surface area contributed by atoms with Crippen molar-refractivity contribution in [2.45, 2.75) is 38.3 Å². The summed E-state index contributed by atoms with van der Waals surface area (Å²) in [6, 6.07) is 1.86. The highest BCUT2D eigenvalue weighted by Crippen LogP contribution is 2.42. The molecule has 0 radical (unpaired) electrons. The van der Waals surface area contributed by atoms with Crippen LogP contribution in [0, 0.1) is 5.92 Å². The molecular formula is C20H28N6O3. The van der Waals surface area contributed by atoms with E-state index in [9.17, 15) is 9.59 Å². The van der Waals surface area contributed by atoms with Crippen molar-refractivity contribution < 1.29 is 14.3 Å². The third-order valence-electron chi connectivity index (χ3n) is 6.17. The van der Waals surface area contributed by atoms with Crippen LogP contribution >= 0.6 is 0 Å². The maximum atomic E-state index is 13.0. The predicted octanol–water partition coefficient (Wildman–Crippen LogP) is 0.791. The maximum absolute atomic E-state index is 13.0. The summed E-state index contributed by atoms with van der Waals surface area (Å²) in [5.74, 6) is -0.0429. The molecule has 9 heteroatoms. The number of hydrogen-bond donors (Lipinski definition) is 1. The fourth-order valence-corrected chi connectivity index (χ4v) is 4.73. The van der Waals surface area contributed by atoms with E-state index in [0.29, 0.717) is 39.0 Å². The van der Waals surface area contributed by atoms with Crippen molar-refractivity contribution >= 4 is 11.8 Å². The molecule has 2 aliphatic rings. The number of rotatable bonds is 5. The summed E-state index contributed by atoms with van der Waals surface area (Å²) in [6.45, 7) is 4.41. The molecule has 1 saturated heterocycles. The molecule has 1 N–H and O–H groups in total. The Kier molecular flexibility index (Phi) is 5.40. The standard InChI is InChI=1S/C20H28N6O3/c1-15(12-25-8-3-7-23-25)19(28)24-10-5-20(6-11-24)18-16(21-14-22-18)4-9-26(20)17(27)13-29-2/h3,7-8,14-15H,4-6,9-13H2,1-2H3,(H,21,22)/t15-/m1/s1. The third-order valence-corrected chi connectivity index (χ3v) is 6.17. The lowest BCUT2D eigenvalue weighted by Gasteiger charge is -2.50. The number of H-pyrrole nitrogens is 1. The summed E-state index contributed by atoms with van der Waals surface area (Å²) >= 11 is 0. The van der Waals surface area contributed by atoms with E-state index >= 15 is 0 Å². The second kappa shape index (κ2) is 7.98. The molecule has 1 fully saturated rings. The van der Waals surface area contributed by atoms with Gasteiger partial charge in [-0.25, -0.2) is 4.98 Å². The molecule has 2 aromatic rings. The first kappa shape index (κ1) is 19.6. The Bertz CT molecular complexity index is 853. The van der Waals surface area contributed by atoms with Gasteiger partial charge in [-0.2, -0.15) is 5.10 Å². The van der Waals surface area contributed by atoms with Crippen molar-refractivity contribution in [2.24, 2.45) is 5.92 Å². The molecule has 4 rings (SSSR count). The van der Waals surface area contributed by atoms with Gasteiger partial charge in [0.25, 0.3) is 0 Å². The van der Waals surface area contributed by atoms with Crippen LogP contribution in [0.15, 0.2) is 24.8 Å². The zero-order chi connectivity index (χ0) is 20.4. The van der Waals surface area contributed by atoms with Gasteiger partial charge in [-0.15, -0.1) is 0 Å². The SMILES string of the molecule is COCC(=O)N1CCc2[nH]cnc2C12CCN(C(=O)[C@H](C)Cn1cccn1)CC2. The largest absolute Gasteiger partial charge is 0.375 e. The minimum atomic E-state index is -0.467. The molecule has 156 valence electrons. The molecule has 2 amide bonds. The summed E-state index contributed by atoms with van der Waals surface area (Å²) in [5, 5.41) is 4.20. The molecule has 0 aliphatic carbocycles. The van der Waals surface area contributed by atoms with Gasteiger partial charge in [0.2, 0.25) is 11.8 Å². The van der Waals surface area contributed by atoms with Crippen molar-refractivity contribution in [2.75, 3.05) is 33.4 Å². The highest BCUT2D eigenvalue weighted by Gasteiger charge is 2.49. The highest BCUT2D eigenvalue weighted by molar-refractivity contribution is 5.80. The normalized spacial score (nSPS) is 19.2. The Hall–Kier alpha value is -2.68. The third kappa shape index (κ3) is 3.55. The number of likely N-dealkylation sites (tertiary alicyclic amines) is 1. The first-order valence-electron chi connectivity index (χ1n) is 10.1. The van der Waals surface area contributed by atoms with Crippen molar-refractivity contribution in [1.82, 2.24) is 29.5 Å². The van der Waals surface area contributed by atoms with E-state index in [1.54, 1.807) is 17.2 Å². The van der Waals surface area contributed by atoms with Gasteiger partial charge in [-0.3, -0.25) is 14.3 Å². The average Bonchev–Trinajstić information content (AvgIpc) is 3.41. The van der Waals surface area contributed by atoms with E-state index in [1.165, 1.54) is 7.11 Å². The number of carbonyl (C=O) groups excluding carboxylic acids is 2. The van der Waals surface area contributed by atoms with Crippen molar-refractivity contribution in [3.05, 3.63) is 36.2 Å². The number of amides is 2. The molecule has 0 bridgehead atoms. The first-order valence-corrected chi connectivity index (χ1v) is 10.1. The number of ether oxygens (including phenoxy) is 1. The van der Waals surface area contributed by atoms with E-state index in [1.807, 2.05) is 29.0 Å². The molecule has 2 aromatic heterocycles. The number of hydrogen-bond acceptors (Lipinski definition) is 5. The van der Waals surface area contributed by atoms with E-state index in [0.717, 1.165) is 17.8 Å². The minimum absolute atomic E-state index is 0.0204. The summed E-state index contributed by atoms with van der Waals surface area (Å²) < 4.78 is 6.90. The summed E-state index contributed by atoms with van der Waals surface area (Å²) in [4.78, 5) is 37.4. The average molecular weight is 400 g/mol. The lowest BCUT2D eigenvalue weighted by molar-refractivity contribution is -0.148. The number of carbonyl (C=O) groups is 2. The van der Waals surface area contributed by atoms with Gasteiger partial charge in [0, 0.05) is 51.3 Å². The zero-order valence-electron chi connectivity index (χ0n) is 17.0. The van der Waals surface area contributed by atoms with Crippen LogP contribution in [-0.4, -0.2) is 74.7 Å². The lowest BCUT2D eigenvalue weighted by atomic mass is 9.78. The number of piperidine rings is 1. The molecule has 1 atom stereocenters. The van der Waals surface area contributed by atoms with Gasteiger partial charge < -0.3 is 19.5 Å². The van der Waals surface area contributed by atoms with Crippen LogP contribution in [-0.2, 0) is 32.8 Å². The number of imidazole rings is 1. The van der Waals surface area contributed by atoms with E-state index in [2.05, 4.69) is 15.1 Å². The van der Waals surface area contributed by atoms with Gasteiger partial charge in [0.15, 0.2) is 0 Å². The second-order valence-electron chi connectivity index (χ2n) is 7.94. The number of nitrogens with one attached hydrogen (secondary N) is 1. The Labute approximate surface area is 170 Å². The molecular weight excluding hydrogens is 372 g/mol.